The molecule has 1 aromatic rings. The van der Waals surface area contributed by atoms with Gasteiger partial charge in [0.05, 0.1) is 5.92 Å². The predicted octanol–water partition coefficient (Wildman–Crippen LogP) is 2.14. The van der Waals surface area contributed by atoms with Crippen molar-refractivity contribution in [2.75, 3.05) is 25.0 Å². The van der Waals surface area contributed by atoms with E-state index in [0.717, 1.165) is 11.3 Å². The lowest BCUT2D eigenvalue weighted by Crippen LogP contribution is -2.29. The van der Waals surface area contributed by atoms with Crippen molar-refractivity contribution in [1.29, 1.82) is 0 Å². The van der Waals surface area contributed by atoms with Gasteiger partial charge in [-0.25, -0.2) is 4.79 Å². The van der Waals surface area contributed by atoms with E-state index in [-0.39, 0.29) is 6.03 Å². The number of likely N-dealkylation sites (N-methyl/N-ethyl adjacent to an activating group) is 1. The average Bonchev–Trinajstić information content (AvgIpc) is 2.72. The van der Waals surface area contributed by atoms with Crippen molar-refractivity contribution in [2.45, 2.75) is 19.3 Å². The summed E-state index contributed by atoms with van der Waals surface area (Å²) in [5, 5.41) is 9.11. The van der Waals surface area contributed by atoms with Gasteiger partial charge in [-0.15, -0.1) is 0 Å². The molecule has 1 atom stereocenters. The van der Waals surface area contributed by atoms with Crippen molar-refractivity contribution in [1.82, 2.24) is 4.90 Å². The maximum atomic E-state index is 11.8. The molecular weight excluding hydrogens is 244 g/mol. The van der Waals surface area contributed by atoms with E-state index in [1.54, 1.807) is 29.0 Å². The topological polar surface area (TPSA) is 60.9 Å². The zero-order valence-electron chi connectivity index (χ0n) is 11.2. The summed E-state index contributed by atoms with van der Waals surface area (Å²) in [7, 11) is 1.77. The van der Waals surface area contributed by atoms with Crippen LogP contribution in [0.25, 0.3) is 0 Å². The molecule has 1 saturated heterocycles. The molecule has 0 aromatic heterocycles. The summed E-state index contributed by atoms with van der Waals surface area (Å²) in [4.78, 5) is 26.3. The first kappa shape index (κ1) is 13.4. The summed E-state index contributed by atoms with van der Waals surface area (Å²) in [6.07, 6.45) is 0.556. The third-order valence-corrected chi connectivity index (χ3v) is 3.53. The summed E-state index contributed by atoms with van der Waals surface area (Å²) in [6, 6.07) is 7.21. The predicted molar refractivity (Wildman–Crippen MR) is 72.5 cm³/mol. The first-order valence-electron chi connectivity index (χ1n) is 6.40. The Morgan fingerprint density at radius 3 is 2.37 bits per heavy atom. The fraction of sp³-hybridized carbons (Fsp3) is 0.429. The van der Waals surface area contributed by atoms with Crippen LogP contribution >= 0.6 is 0 Å². The Balaban J connectivity index is 2.19. The van der Waals surface area contributed by atoms with E-state index in [4.69, 9.17) is 5.11 Å². The molecule has 0 aliphatic carbocycles. The van der Waals surface area contributed by atoms with Crippen LogP contribution in [-0.2, 0) is 4.79 Å². The average molecular weight is 262 g/mol. The molecule has 0 saturated carbocycles. The van der Waals surface area contributed by atoms with Crippen LogP contribution in [0.4, 0.5) is 10.5 Å². The quantitative estimate of drug-likeness (QED) is 0.904. The molecule has 5 nitrogen and oxygen atoms in total. The molecule has 1 N–H and O–H groups in total. The van der Waals surface area contributed by atoms with E-state index in [0.29, 0.717) is 19.5 Å². The normalized spacial score (nSPS) is 16.8. The monoisotopic (exact) mass is 262 g/mol. The van der Waals surface area contributed by atoms with Crippen molar-refractivity contribution in [3.63, 3.8) is 0 Å². The minimum Gasteiger partial charge on any atom is -0.481 e. The molecule has 0 bridgehead atoms. The van der Waals surface area contributed by atoms with Gasteiger partial charge in [0.1, 0.15) is 0 Å². The zero-order valence-corrected chi connectivity index (χ0v) is 11.2. The van der Waals surface area contributed by atoms with Crippen molar-refractivity contribution in [2.24, 2.45) is 0 Å². The molecule has 0 radical (unpaired) electrons. The fourth-order valence-corrected chi connectivity index (χ4v) is 2.33. The number of rotatable bonds is 4. The van der Waals surface area contributed by atoms with Crippen LogP contribution < -0.4 is 4.90 Å². The number of amides is 2. The van der Waals surface area contributed by atoms with Crippen LogP contribution in [-0.4, -0.2) is 42.1 Å². The number of anilines is 1. The standard InChI is InChI=1S/C14H18N2O3/c1-3-12(13(17)18)10-4-6-11(7-5-10)16-9-8-15(2)14(16)19/h4-7,12H,3,8-9H2,1-2H3,(H,17,18)/t12-/m0/s1. The number of carboxylic acids is 1. The van der Waals surface area contributed by atoms with Crippen molar-refractivity contribution in [3.05, 3.63) is 29.8 Å². The number of nitrogens with zero attached hydrogens (tertiary/aromatic N) is 2. The van der Waals surface area contributed by atoms with Gasteiger partial charge in [-0.05, 0) is 24.1 Å². The summed E-state index contributed by atoms with van der Waals surface area (Å²) in [5.74, 6) is -1.29. The van der Waals surface area contributed by atoms with Gasteiger partial charge in [0.25, 0.3) is 0 Å². The SMILES string of the molecule is CC[C@H](C(=O)O)c1ccc(N2CCN(C)C2=O)cc1. The highest BCUT2D eigenvalue weighted by molar-refractivity contribution is 5.94. The number of carbonyl (C=O) groups excluding carboxylic acids is 1. The molecule has 1 fully saturated rings. The van der Waals surface area contributed by atoms with Crippen LogP contribution in [0, 0.1) is 0 Å². The first-order valence-corrected chi connectivity index (χ1v) is 6.40. The van der Waals surface area contributed by atoms with Gasteiger partial charge in [0.2, 0.25) is 0 Å². The van der Waals surface area contributed by atoms with Crippen LogP contribution in [0.5, 0.6) is 0 Å². The summed E-state index contributed by atoms with van der Waals surface area (Å²) in [6.45, 7) is 3.24. The van der Waals surface area contributed by atoms with Gasteiger partial charge >= 0.3 is 12.0 Å². The highest BCUT2D eigenvalue weighted by atomic mass is 16.4. The van der Waals surface area contributed by atoms with E-state index in [9.17, 15) is 9.59 Å². The minimum absolute atomic E-state index is 0.0157. The molecule has 2 amide bonds. The molecule has 1 aromatic carbocycles. The number of urea groups is 1. The third-order valence-electron chi connectivity index (χ3n) is 3.53. The Morgan fingerprint density at radius 1 is 1.32 bits per heavy atom. The summed E-state index contributed by atoms with van der Waals surface area (Å²) >= 11 is 0. The van der Waals surface area contributed by atoms with Crippen LogP contribution in [0.2, 0.25) is 0 Å². The second-order valence-corrected chi connectivity index (χ2v) is 4.75. The lowest BCUT2D eigenvalue weighted by atomic mass is 9.96. The largest absolute Gasteiger partial charge is 0.481 e. The maximum Gasteiger partial charge on any atom is 0.324 e. The molecule has 0 unspecified atom stereocenters. The molecule has 102 valence electrons. The van der Waals surface area contributed by atoms with E-state index >= 15 is 0 Å². The Kier molecular flexibility index (Phi) is 3.74. The van der Waals surface area contributed by atoms with Crippen LogP contribution in [0.3, 0.4) is 0 Å². The molecule has 19 heavy (non-hydrogen) atoms. The van der Waals surface area contributed by atoms with Gasteiger partial charge in [0.15, 0.2) is 0 Å². The second-order valence-electron chi connectivity index (χ2n) is 4.75. The van der Waals surface area contributed by atoms with E-state index < -0.39 is 11.9 Å². The van der Waals surface area contributed by atoms with E-state index in [2.05, 4.69) is 0 Å². The van der Waals surface area contributed by atoms with Gasteiger partial charge in [0, 0.05) is 25.8 Å². The Hall–Kier alpha value is -2.04. The fourth-order valence-electron chi connectivity index (χ4n) is 2.33. The van der Waals surface area contributed by atoms with Crippen LogP contribution in [0.15, 0.2) is 24.3 Å². The highest BCUT2D eigenvalue weighted by Crippen LogP contribution is 2.25. The highest BCUT2D eigenvalue weighted by Gasteiger charge is 2.26. The lowest BCUT2D eigenvalue weighted by Gasteiger charge is -2.17. The Labute approximate surface area is 112 Å². The van der Waals surface area contributed by atoms with Gasteiger partial charge < -0.3 is 10.0 Å². The van der Waals surface area contributed by atoms with Crippen molar-refractivity contribution >= 4 is 17.7 Å². The number of hydrogen-bond acceptors (Lipinski definition) is 2. The molecule has 1 aliphatic heterocycles. The van der Waals surface area contributed by atoms with E-state index in [1.165, 1.54) is 0 Å². The number of carbonyl (C=O) groups is 2. The third kappa shape index (κ3) is 2.54. The number of carboxylic acid groups (broad SMARTS) is 1. The lowest BCUT2D eigenvalue weighted by molar-refractivity contribution is -0.138. The molecule has 1 heterocycles. The molecule has 0 spiro atoms. The minimum atomic E-state index is -0.813. The smallest absolute Gasteiger partial charge is 0.324 e. The Bertz CT molecular complexity index is 484. The zero-order chi connectivity index (χ0) is 14.0. The van der Waals surface area contributed by atoms with Crippen molar-refractivity contribution < 1.29 is 14.7 Å². The molecule has 5 heteroatoms. The van der Waals surface area contributed by atoms with Gasteiger partial charge in [-0.3, -0.25) is 9.69 Å². The number of benzene rings is 1. The molecular formula is C14H18N2O3. The van der Waals surface area contributed by atoms with Crippen LogP contribution in [0.1, 0.15) is 24.8 Å². The van der Waals surface area contributed by atoms with Gasteiger partial charge in [-0.1, -0.05) is 19.1 Å². The van der Waals surface area contributed by atoms with Crippen molar-refractivity contribution in [3.8, 4) is 0 Å². The molecule has 2 rings (SSSR count). The second kappa shape index (κ2) is 5.30. The maximum absolute atomic E-state index is 11.8. The molecule has 1 aliphatic rings. The number of hydrogen-bond donors (Lipinski definition) is 1. The first-order chi connectivity index (χ1) is 9.04. The summed E-state index contributed by atoms with van der Waals surface area (Å²) in [5.41, 5.74) is 1.59. The number of aliphatic carboxylic acids is 1. The Morgan fingerprint density at radius 2 is 1.95 bits per heavy atom. The summed E-state index contributed by atoms with van der Waals surface area (Å²) < 4.78 is 0. The van der Waals surface area contributed by atoms with E-state index in [1.807, 2.05) is 19.1 Å². The van der Waals surface area contributed by atoms with Gasteiger partial charge in [-0.2, -0.15) is 0 Å².